The van der Waals surface area contributed by atoms with E-state index in [1.54, 1.807) is 6.92 Å². The number of hydrogen-bond donors (Lipinski definition) is 0. The van der Waals surface area contributed by atoms with E-state index in [2.05, 4.69) is 9.47 Å². The average molecular weight is 138 g/mol. The molecule has 0 spiro atoms. The van der Waals surface area contributed by atoms with E-state index in [4.69, 9.17) is 0 Å². The average Bonchev–Trinajstić information content (AvgIpc) is 2.10. The third-order valence-electron chi connectivity index (χ3n) is 1.20. The monoisotopic (exact) mass is 138 g/mol. The molecule has 0 amide bonds. The lowest BCUT2D eigenvalue weighted by molar-refractivity contribution is -0.346. The van der Waals surface area contributed by atoms with Crippen molar-refractivity contribution in [3.8, 4) is 0 Å². The van der Waals surface area contributed by atoms with Gasteiger partial charge in [0.2, 0.25) is 0 Å². The summed E-state index contributed by atoms with van der Waals surface area (Å²) >= 11 is 0. The topological polar surface area (TPSA) is 18.5 Å². The highest BCUT2D eigenvalue weighted by atomic mass is 19.3. The molecule has 0 aliphatic carbocycles. The van der Waals surface area contributed by atoms with E-state index in [0.717, 1.165) is 0 Å². The van der Waals surface area contributed by atoms with Crippen LogP contribution in [0.1, 0.15) is 13.3 Å². The van der Waals surface area contributed by atoms with Gasteiger partial charge in [-0.15, -0.1) is 8.78 Å². The van der Waals surface area contributed by atoms with E-state index in [1.807, 2.05) is 0 Å². The Hall–Kier alpha value is -0.220. The molecule has 1 heterocycles. The van der Waals surface area contributed by atoms with Gasteiger partial charge in [0.05, 0.1) is 12.7 Å². The Morgan fingerprint density at radius 2 is 2.33 bits per heavy atom. The molecule has 1 aliphatic rings. The van der Waals surface area contributed by atoms with Crippen molar-refractivity contribution in [3.63, 3.8) is 0 Å². The minimum Gasteiger partial charge on any atom is -0.293 e. The van der Waals surface area contributed by atoms with Gasteiger partial charge in [-0.25, -0.2) is 0 Å². The van der Waals surface area contributed by atoms with Gasteiger partial charge in [0.25, 0.3) is 0 Å². The first-order valence-corrected chi connectivity index (χ1v) is 2.83. The van der Waals surface area contributed by atoms with Crippen molar-refractivity contribution in [1.82, 2.24) is 0 Å². The van der Waals surface area contributed by atoms with Gasteiger partial charge in [-0.1, -0.05) is 6.92 Å². The summed E-state index contributed by atoms with van der Waals surface area (Å²) in [6.07, 6.45) is -3.20. The predicted octanol–water partition coefficient (Wildman–Crippen LogP) is 1.36. The highest BCUT2D eigenvalue weighted by molar-refractivity contribution is 4.60. The van der Waals surface area contributed by atoms with Crippen LogP contribution >= 0.6 is 0 Å². The highest BCUT2D eigenvalue weighted by Gasteiger charge is 2.41. The smallest absolute Gasteiger partial charge is 0.293 e. The van der Waals surface area contributed by atoms with Gasteiger partial charge in [0.1, 0.15) is 0 Å². The Kier molecular flexibility index (Phi) is 1.68. The highest BCUT2D eigenvalue weighted by Crippen LogP contribution is 2.27. The van der Waals surface area contributed by atoms with Crippen LogP contribution in [0.4, 0.5) is 8.78 Å². The first-order valence-electron chi connectivity index (χ1n) is 2.83. The van der Waals surface area contributed by atoms with Gasteiger partial charge >= 0.3 is 6.29 Å². The van der Waals surface area contributed by atoms with E-state index in [0.29, 0.717) is 6.42 Å². The van der Waals surface area contributed by atoms with Crippen LogP contribution in [0.25, 0.3) is 0 Å². The molecule has 0 aromatic rings. The fourth-order valence-corrected chi connectivity index (χ4v) is 0.653. The van der Waals surface area contributed by atoms with Crippen molar-refractivity contribution >= 4 is 0 Å². The number of hydrogen-bond acceptors (Lipinski definition) is 2. The van der Waals surface area contributed by atoms with E-state index < -0.39 is 12.4 Å². The molecule has 0 aromatic carbocycles. The van der Waals surface area contributed by atoms with Crippen molar-refractivity contribution in [2.24, 2.45) is 0 Å². The summed E-state index contributed by atoms with van der Waals surface area (Å²) in [6, 6.07) is 0. The number of ether oxygens (including phenoxy) is 2. The SMILES string of the molecule is CCC1COC(F)(F)O1. The molecular weight excluding hydrogens is 130 g/mol. The van der Waals surface area contributed by atoms with Gasteiger partial charge in [-0.2, -0.15) is 0 Å². The Bertz CT molecular complexity index is 105. The molecular formula is C5H8F2O2. The lowest BCUT2D eigenvalue weighted by Crippen LogP contribution is -2.17. The lowest BCUT2D eigenvalue weighted by atomic mass is 10.3. The maximum atomic E-state index is 11.9. The van der Waals surface area contributed by atoms with Crippen LogP contribution in [0.3, 0.4) is 0 Å². The Morgan fingerprint density at radius 1 is 1.67 bits per heavy atom. The molecule has 1 saturated heterocycles. The Labute approximate surface area is 51.8 Å². The van der Waals surface area contributed by atoms with Crippen LogP contribution in [0.2, 0.25) is 0 Å². The second-order valence-corrected chi connectivity index (χ2v) is 1.92. The van der Waals surface area contributed by atoms with Crippen LogP contribution in [0, 0.1) is 0 Å². The lowest BCUT2D eigenvalue weighted by Gasteiger charge is -2.05. The molecule has 0 N–H and O–H groups in total. The maximum absolute atomic E-state index is 11.9. The van der Waals surface area contributed by atoms with Crippen LogP contribution in [-0.2, 0) is 9.47 Å². The predicted molar refractivity (Wildman–Crippen MR) is 26.1 cm³/mol. The third kappa shape index (κ3) is 1.59. The van der Waals surface area contributed by atoms with Crippen LogP contribution in [0.5, 0.6) is 0 Å². The number of halogens is 2. The molecule has 1 atom stereocenters. The second-order valence-electron chi connectivity index (χ2n) is 1.92. The van der Waals surface area contributed by atoms with E-state index >= 15 is 0 Å². The Balaban J connectivity index is 2.38. The molecule has 0 saturated carbocycles. The summed E-state index contributed by atoms with van der Waals surface area (Å²) in [5.41, 5.74) is 0. The number of alkyl halides is 2. The molecule has 0 radical (unpaired) electrons. The molecule has 2 nitrogen and oxygen atoms in total. The molecule has 4 heteroatoms. The van der Waals surface area contributed by atoms with Crippen molar-refractivity contribution in [3.05, 3.63) is 0 Å². The molecule has 54 valence electrons. The largest absolute Gasteiger partial charge is 0.485 e. The zero-order valence-corrected chi connectivity index (χ0v) is 5.06. The van der Waals surface area contributed by atoms with Gasteiger partial charge in [-0.05, 0) is 6.42 Å². The minimum atomic E-state index is -3.33. The van der Waals surface area contributed by atoms with Crippen LogP contribution < -0.4 is 0 Å². The zero-order chi connectivity index (χ0) is 6.91. The van der Waals surface area contributed by atoms with Crippen LogP contribution in [-0.4, -0.2) is 19.0 Å². The summed E-state index contributed by atoms with van der Waals surface area (Å²) < 4.78 is 32.0. The first-order chi connectivity index (χ1) is 4.14. The summed E-state index contributed by atoms with van der Waals surface area (Å²) in [5.74, 6) is 0. The summed E-state index contributed by atoms with van der Waals surface area (Å²) in [6.45, 7) is 1.78. The van der Waals surface area contributed by atoms with E-state index in [9.17, 15) is 8.78 Å². The quantitative estimate of drug-likeness (QED) is 0.544. The van der Waals surface area contributed by atoms with Crippen molar-refractivity contribution in [2.45, 2.75) is 25.7 Å². The summed E-state index contributed by atoms with van der Waals surface area (Å²) in [5, 5.41) is 0. The summed E-state index contributed by atoms with van der Waals surface area (Å²) in [7, 11) is 0. The molecule has 0 bridgehead atoms. The first kappa shape index (κ1) is 6.89. The molecule has 9 heavy (non-hydrogen) atoms. The maximum Gasteiger partial charge on any atom is 0.485 e. The normalized spacial score (nSPS) is 33.0. The Morgan fingerprint density at radius 3 is 2.56 bits per heavy atom. The fourth-order valence-electron chi connectivity index (χ4n) is 0.653. The fraction of sp³-hybridized carbons (Fsp3) is 1.00. The molecule has 1 unspecified atom stereocenters. The zero-order valence-electron chi connectivity index (χ0n) is 5.06. The van der Waals surface area contributed by atoms with Crippen molar-refractivity contribution < 1.29 is 18.3 Å². The van der Waals surface area contributed by atoms with E-state index in [-0.39, 0.29) is 6.61 Å². The molecule has 1 fully saturated rings. The standard InChI is InChI=1S/C5H8F2O2/c1-2-4-3-8-5(6,7)9-4/h4H,2-3H2,1H3. The second kappa shape index (κ2) is 2.19. The molecule has 0 aromatic heterocycles. The van der Waals surface area contributed by atoms with Crippen LogP contribution in [0.15, 0.2) is 0 Å². The van der Waals surface area contributed by atoms with Crippen molar-refractivity contribution in [2.75, 3.05) is 6.61 Å². The van der Waals surface area contributed by atoms with Crippen molar-refractivity contribution in [1.29, 1.82) is 0 Å². The van der Waals surface area contributed by atoms with Gasteiger partial charge in [-0.3, -0.25) is 9.47 Å². The number of rotatable bonds is 1. The molecule has 1 rings (SSSR count). The van der Waals surface area contributed by atoms with Gasteiger partial charge in [0.15, 0.2) is 0 Å². The summed E-state index contributed by atoms with van der Waals surface area (Å²) in [4.78, 5) is 0. The van der Waals surface area contributed by atoms with Gasteiger partial charge < -0.3 is 0 Å². The minimum absolute atomic E-state index is 0.00347. The van der Waals surface area contributed by atoms with Gasteiger partial charge in [0, 0.05) is 0 Å². The third-order valence-corrected chi connectivity index (χ3v) is 1.20. The van der Waals surface area contributed by atoms with E-state index in [1.165, 1.54) is 0 Å². The molecule has 1 aliphatic heterocycles.